The molecule has 0 radical (unpaired) electrons. The van der Waals surface area contributed by atoms with Crippen molar-refractivity contribution in [1.29, 1.82) is 0 Å². The minimum absolute atomic E-state index is 0.348. The van der Waals surface area contributed by atoms with E-state index in [1.165, 1.54) is 10.6 Å². The van der Waals surface area contributed by atoms with Crippen LogP contribution >= 0.6 is 14.1 Å². The molecule has 0 unspecified atom stereocenters. The van der Waals surface area contributed by atoms with Gasteiger partial charge in [0, 0.05) is 0 Å². The fraction of sp³-hybridized carbons (Fsp3) is 1.00. The van der Waals surface area contributed by atoms with Gasteiger partial charge in [-0.05, 0) is 0 Å². The molecule has 6 heavy (non-hydrogen) atoms. The quantitative estimate of drug-likeness (QED) is 0.551. The van der Waals surface area contributed by atoms with Gasteiger partial charge in [-0.25, -0.2) is 14.1 Å². The van der Waals surface area contributed by atoms with Crippen molar-refractivity contribution in [2.45, 2.75) is 24.4 Å². The van der Waals surface area contributed by atoms with Crippen molar-refractivity contribution in [3.8, 4) is 0 Å². The number of rotatable bonds is 2. The van der Waals surface area contributed by atoms with Gasteiger partial charge in [0.2, 0.25) is 0 Å². The van der Waals surface area contributed by atoms with E-state index in [0.717, 1.165) is 0 Å². The highest BCUT2D eigenvalue weighted by molar-refractivity contribution is 9.24. The molecule has 0 spiro atoms. The van der Waals surface area contributed by atoms with Gasteiger partial charge in [-0.2, -0.15) is 0 Å². The van der Waals surface area contributed by atoms with Gasteiger partial charge in [0.25, 0.3) is 0 Å². The third-order valence-electron chi connectivity index (χ3n) is 0.886. The highest BCUT2D eigenvalue weighted by Gasteiger charge is 2.03. The van der Waals surface area contributed by atoms with E-state index in [0.29, 0.717) is 0 Å². The first-order chi connectivity index (χ1) is 2.81. The molecule has 0 aromatic carbocycles. The van der Waals surface area contributed by atoms with E-state index in [4.69, 9.17) is 0 Å². The van der Waals surface area contributed by atoms with Crippen LogP contribution in [0, 0.1) is 0 Å². The fourth-order valence-corrected chi connectivity index (χ4v) is 0.866. The molecule has 0 rings (SSSR count). The number of hydrogen-bond donors (Lipinski definition) is 0. The first-order valence-corrected chi connectivity index (χ1v) is 7.27. The minimum atomic E-state index is -0.348. The summed E-state index contributed by atoms with van der Waals surface area (Å²) in [5, 5.41) is 2.77. The first kappa shape index (κ1) is 7.01. The van der Waals surface area contributed by atoms with Crippen LogP contribution in [0.1, 0.15) is 13.8 Å². The van der Waals surface area contributed by atoms with Gasteiger partial charge in [-0.1, -0.05) is 24.4 Å². The maximum atomic E-state index is 3.61. The molecule has 0 fully saturated rings. The molecule has 0 nitrogen and oxygen atoms in total. The Labute approximate surface area is 51.0 Å². The van der Waals surface area contributed by atoms with Gasteiger partial charge in [-0.3, -0.25) is 0 Å². The molecule has 0 atom stereocenters. The van der Waals surface area contributed by atoms with Gasteiger partial charge >= 0.3 is 12.3 Å². The molecule has 0 saturated heterocycles. The maximum Gasteiger partial charge on any atom is 0.365 e. The van der Waals surface area contributed by atoms with E-state index in [1.54, 1.807) is 0 Å². The Bertz CT molecular complexity index is 26.7. The smallest absolute Gasteiger partial charge is 0.217 e. The van der Waals surface area contributed by atoms with Crippen molar-refractivity contribution in [3.63, 3.8) is 0 Å². The highest BCUT2D eigenvalue weighted by atomic mass is 79.9. The molecule has 0 saturated carbocycles. The van der Waals surface area contributed by atoms with E-state index in [1.807, 2.05) is 0 Å². The van der Waals surface area contributed by atoms with E-state index in [9.17, 15) is 0 Å². The van der Waals surface area contributed by atoms with E-state index < -0.39 is 0 Å². The summed E-state index contributed by atoms with van der Waals surface area (Å²) in [6.07, 6.45) is 0. The lowest BCUT2D eigenvalue weighted by Crippen LogP contribution is -1.94. The summed E-state index contributed by atoms with van der Waals surface area (Å²) in [5.74, 6) is 0. The summed E-state index contributed by atoms with van der Waals surface area (Å²) in [6.45, 7) is 4.49. The average molecular weight is 165 g/mol. The van der Waals surface area contributed by atoms with Gasteiger partial charge in [0.05, 0.1) is 0 Å². The molecule has 0 aromatic heterocycles. The molecule has 36 valence electrons. The zero-order chi connectivity index (χ0) is 4.99. The lowest BCUT2D eigenvalue weighted by molar-refractivity contribution is 1.35. The lowest BCUT2D eigenvalue weighted by atomic mass is 10.9. The second-order valence-corrected chi connectivity index (χ2v) is 8.13. The Hall–Kier alpha value is 1.01. The van der Waals surface area contributed by atoms with Crippen molar-refractivity contribution in [3.05, 3.63) is 0 Å². The van der Waals surface area contributed by atoms with Crippen LogP contribution in [-0.2, 0) is 0 Å². The molecule has 0 bridgehead atoms. The van der Waals surface area contributed by atoms with Crippen LogP contribution in [-0.4, -0.2) is 12.3 Å². The summed E-state index contributed by atoms with van der Waals surface area (Å²) in [5.41, 5.74) is 0. The second kappa shape index (κ2) is 4.18. The van der Waals surface area contributed by atoms with Crippen LogP contribution in [0.15, 0.2) is 0 Å². The zero-order valence-corrected chi connectivity index (χ0v) is 7.11. The largest absolute Gasteiger partial charge is 0.365 e. The van der Waals surface area contributed by atoms with Crippen molar-refractivity contribution in [1.82, 2.24) is 0 Å². The molecule has 0 aliphatic heterocycles. The van der Waals surface area contributed by atoms with Crippen LogP contribution < -0.4 is 0 Å². The minimum Gasteiger partial charge on any atom is -0.217 e. The molecular weight excluding hydrogens is 155 g/mol. The number of hydrogen-bond acceptors (Lipinski definition) is 0. The van der Waals surface area contributed by atoms with Gasteiger partial charge < -0.3 is 0 Å². The number of halogens is 1. The molecule has 0 N–H and O–H groups in total. The standard InChI is InChI=1S/2C2H5.Al.BrH/c2*1-2;;/h2*1H2,2H3;;1H/q;;+1;/p-1. The third kappa shape index (κ3) is 3.21. The Morgan fingerprint density at radius 1 is 1.33 bits per heavy atom. The lowest BCUT2D eigenvalue weighted by Gasteiger charge is -1.87. The van der Waals surface area contributed by atoms with Crippen molar-refractivity contribution in [2.24, 2.45) is 0 Å². The molecular formula is C4H10AlBr. The molecule has 0 aliphatic carbocycles. The Morgan fingerprint density at radius 3 is 1.67 bits per heavy atom. The highest BCUT2D eigenvalue weighted by Crippen LogP contribution is 2.03. The third-order valence-corrected chi connectivity index (χ3v) is 6.54. The summed E-state index contributed by atoms with van der Waals surface area (Å²) < 4.78 is 0. The summed E-state index contributed by atoms with van der Waals surface area (Å²) in [4.78, 5) is 0. The van der Waals surface area contributed by atoms with Crippen LogP contribution in [0.5, 0.6) is 0 Å². The van der Waals surface area contributed by atoms with Crippen molar-refractivity contribution >= 4 is 26.4 Å². The second-order valence-electron chi connectivity index (χ2n) is 1.41. The van der Waals surface area contributed by atoms with E-state index in [-0.39, 0.29) is 12.3 Å². The van der Waals surface area contributed by atoms with Crippen LogP contribution in [0.4, 0.5) is 0 Å². The van der Waals surface area contributed by atoms with E-state index in [2.05, 4.69) is 27.9 Å². The Morgan fingerprint density at radius 2 is 1.67 bits per heavy atom. The van der Waals surface area contributed by atoms with E-state index >= 15 is 0 Å². The average Bonchev–Trinajstić information content (AvgIpc) is 1.65. The van der Waals surface area contributed by atoms with Gasteiger partial charge in [0.1, 0.15) is 0 Å². The summed E-state index contributed by atoms with van der Waals surface area (Å²) in [6, 6.07) is 0. The maximum absolute atomic E-state index is 3.61. The normalized spacial score (nSPS) is 8.50. The van der Waals surface area contributed by atoms with Crippen LogP contribution in [0.25, 0.3) is 0 Å². The topological polar surface area (TPSA) is 0 Å². The summed E-state index contributed by atoms with van der Waals surface area (Å²) >= 11 is 3.27. The van der Waals surface area contributed by atoms with Gasteiger partial charge in [0.15, 0.2) is 0 Å². The first-order valence-electron chi connectivity index (χ1n) is 2.45. The monoisotopic (exact) mass is 164 g/mol. The van der Waals surface area contributed by atoms with Crippen LogP contribution in [0.2, 0.25) is 10.6 Å². The predicted octanol–water partition coefficient (Wildman–Crippen LogP) is 2.41. The Kier molecular flexibility index (Phi) is 4.88. The Balaban J connectivity index is 2.75. The summed E-state index contributed by atoms with van der Waals surface area (Å²) in [7, 11) is 0. The fourth-order valence-electron chi connectivity index (χ4n) is 0.289. The SMILES string of the molecule is C[CH2][Al]([Br])[CH2]C. The van der Waals surface area contributed by atoms with Crippen molar-refractivity contribution < 1.29 is 0 Å². The molecule has 0 heterocycles. The van der Waals surface area contributed by atoms with Crippen LogP contribution in [0.3, 0.4) is 0 Å². The molecule has 0 aromatic rings. The zero-order valence-electron chi connectivity index (χ0n) is 4.37. The predicted molar refractivity (Wildman–Crippen MR) is 35.6 cm³/mol. The van der Waals surface area contributed by atoms with Gasteiger partial charge in [-0.15, -0.1) is 0 Å². The molecule has 0 amide bonds. The van der Waals surface area contributed by atoms with Crippen molar-refractivity contribution in [2.75, 3.05) is 0 Å². The molecule has 0 aliphatic rings. The molecule has 2 heteroatoms.